The SMILES string of the molecule is COC[C@H](C)NC(=O)[C@H]1CCC(N(C)C(=O)c2ccc(-c3nc4ccccc4o3)cc2)C1. The maximum absolute atomic E-state index is 13.0. The molecule has 3 atom stereocenters. The minimum atomic E-state index is -0.0731. The molecule has 4 rings (SSSR count). The molecule has 168 valence electrons. The van der Waals surface area contributed by atoms with E-state index >= 15 is 0 Å². The molecule has 1 fully saturated rings. The second-order valence-electron chi connectivity index (χ2n) is 8.51. The van der Waals surface area contributed by atoms with Crippen molar-refractivity contribution in [3.63, 3.8) is 0 Å². The Labute approximate surface area is 187 Å². The van der Waals surface area contributed by atoms with Crippen LogP contribution in [0.3, 0.4) is 0 Å². The van der Waals surface area contributed by atoms with Gasteiger partial charge in [-0.05, 0) is 62.6 Å². The molecule has 1 aromatic heterocycles. The molecule has 32 heavy (non-hydrogen) atoms. The van der Waals surface area contributed by atoms with Gasteiger partial charge < -0.3 is 19.4 Å². The molecule has 3 aromatic rings. The van der Waals surface area contributed by atoms with Crippen molar-refractivity contribution in [2.75, 3.05) is 20.8 Å². The predicted octanol–water partition coefficient (Wildman–Crippen LogP) is 3.89. The van der Waals surface area contributed by atoms with Crippen molar-refractivity contribution in [1.29, 1.82) is 0 Å². The zero-order valence-corrected chi connectivity index (χ0v) is 18.7. The van der Waals surface area contributed by atoms with Gasteiger partial charge in [-0.3, -0.25) is 9.59 Å². The van der Waals surface area contributed by atoms with E-state index < -0.39 is 0 Å². The van der Waals surface area contributed by atoms with E-state index in [2.05, 4.69) is 10.3 Å². The Hall–Kier alpha value is -3.19. The van der Waals surface area contributed by atoms with E-state index in [4.69, 9.17) is 9.15 Å². The minimum absolute atomic E-state index is 0.0225. The fourth-order valence-corrected chi connectivity index (χ4v) is 4.32. The fraction of sp³-hybridized carbons (Fsp3) is 0.400. The van der Waals surface area contributed by atoms with Gasteiger partial charge in [0.15, 0.2) is 5.58 Å². The van der Waals surface area contributed by atoms with E-state index in [0.717, 1.165) is 29.5 Å². The number of carbonyl (C=O) groups excluding carboxylic acids is 2. The summed E-state index contributed by atoms with van der Waals surface area (Å²) >= 11 is 0. The van der Waals surface area contributed by atoms with Gasteiger partial charge in [-0.15, -0.1) is 0 Å². The highest BCUT2D eigenvalue weighted by Crippen LogP contribution is 2.30. The van der Waals surface area contributed by atoms with Gasteiger partial charge in [0.2, 0.25) is 11.8 Å². The van der Waals surface area contributed by atoms with Crippen LogP contribution in [0.1, 0.15) is 36.5 Å². The summed E-state index contributed by atoms with van der Waals surface area (Å²) < 4.78 is 10.9. The van der Waals surface area contributed by atoms with Crippen LogP contribution >= 0.6 is 0 Å². The van der Waals surface area contributed by atoms with E-state index in [9.17, 15) is 9.59 Å². The van der Waals surface area contributed by atoms with Crippen molar-refractivity contribution < 1.29 is 18.7 Å². The summed E-state index contributed by atoms with van der Waals surface area (Å²) in [6, 6.07) is 15.0. The molecule has 0 spiro atoms. The highest BCUT2D eigenvalue weighted by Gasteiger charge is 2.34. The number of para-hydroxylation sites is 2. The zero-order chi connectivity index (χ0) is 22.7. The Bertz CT molecular complexity index is 1060. The third-order valence-corrected chi connectivity index (χ3v) is 6.12. The number of methoxy groups -OCH3 is 1. The van der Waals surface area contributed by atoms with E-state index in [-0.39, 0.29) is 29.8 Å². The number of ether oxygens (including phenoxy) is 1. The Morgan fingerprint density at radius 1 is 1.19 bits per heavy atom. The maximum Gasteiger partial charge on any atom is 0.253 e. The molecular weight excluding hydrogens is 406 g/mol. The number of hydrogen-bond acceptors (Lipinski definition) is 5. The average Bonchev–Trinajstić information content (AvgIpc) is 3.46. The number of benzene rings is 2. The quantitative estimate of drug-likeness (QED) is 0.609. The van der Waals surface area contributed by atoms with Crippen LogP contribution in [0.5, 0.6) is 0 Å². The monoisotopic (exact) mass is 435 g/mol. The topological polar surface area (TPSA) is 84.7 Å². The lowest BCUT2D eigenvalue weighted by Gasteiger charge is -2.25. The largest absolute Gasteiger partial charge is 0.436 e. The van der Waals surface area contributed by atoms with Crippen LogP contribution < -0.4 is 5.32 Å². The summed E-state index contributed by atoms with van der Waals surface area (Å²) in [6.45, 7) is 2.41. The molecule has 1 saturated carbocycles. The van der Waals surface area contributed by atoms with Crippen molar-refractivity contribution in [2.24, 2.45) is 5.92 Å². The van der Waals surface area contributed by atoms with E-state index in [1.807, 2.05) is 50.4 Å². The molecule has 0 bridgehead atoms. The van der Waals surface area contributed by atoms with E-state index in [1.165, 1.54) is 0 Å². The molecular formula is C25H29N3O4. The Morgan fingerprint density at radius 3 is 2.66 bits per heavy atom. The molecule has 2 aromatic carbocycles. The lowest BCUT2D eigenvalue weighted by molar-refractivity contribution is -0.125. The highest BCUT2D eigenvalue weighted by molar-refractivity contribution is 5.95. The Balaban J connectivity index is 1.38. The normalized spacial score (nSPS) is 19.1. The third-order valence-electron chi connectivity index (χ3n) is 6.12. The van der Waals surface area contributed by atoms with Gasteiger partial charge >= 0.3 is 0 Å². The van der Waals surface area contributed by atoms with Crippen LogP contribution in [0.4, 0.5) is 0 Å². The maximum atomic E-state index is 13.0. The number of amides is 2. The minimum Gasteiger partial charge on any atom is -0.436 e. The molecule has 7 nitrogen and oxygen atoms in total. The number of aromatic nitrogens is 1. The number of hydrogen-bond donors (Lipinski definition) is 1. The van der Waals surface area contributed by atoms with Crippen LogP contribution in [0.2, 0.25) is 0 Å². The fourth-order valence-electron chi connectivity index (χ4n) is 4.32. The molecule has 1 aliphatic carbocycles. The van der Waals surface area contributed by atoms with Crippen molar-refractivity contribution in [2.45, 2.75) is 38.3 Å². The highest BCUT2D eigenvalue weighted by atomic mass is 16.5. The zero-order valence-electron chi connectivity index (χ0n) is 18.7. The first-order valence-corrected chi connectivity index (χ1v) is 11.0. The van der Waals surface area contributed by atoms with Crippen LogP contribution in [0.25, 0.3) is 22.6 Å². The summed E-state index contributed by atoms with van der Waals surface area (Å²) in [6.07, 6.45) is 2.28. The van der Waals surface area contributed by atoms with Crippen molar-refractivity contribution in [1.82, 2.24) is 15.2 Å². The Kier molecular flexibility index (Phi) is 6.55. The average molecular weight is 436 g/mol. The van der Waals surface area contributed by atoms with Crippen molar-refractivity contribution >= 4 is 22.9 Å². The second kappa shape index (κ2) is 9.53. The smallest absolute Gasteiger partial charge is 0.253 e. The molecule has 0 saturated heterocycles. The number of nitrogens with zero attached hydrogens (tertiary/aromatic N) is 2. The van der Waals surface area contributed by atoms with Gasteiger partial charge in [-0.2, -0.15) is 0 Å². The first kappa shape index (κ1) is 22.0. The summed E-state index contributed by atoms with van der Waals surface area (Å²) in [7, 11) is 3.43. The molecule has 1 N–H and O–H groups in total. The lowest BCUT2D eigenvalue weighted by Crippen LogP contribution is -2.40. The standard InChI is InChI=1S/C25H29N3O4/c1-16(15-31-3)26-23(29)19-12-13-20(14-19)28(2)25(30)18-10-8-17(9-11-18)24-27-21-6-4-5-7-22(21)32-24/h4-11,16,19-20H,12-15H2,1-3H3,(H,26,29)/t16-,19-,20?/m0/s1. The molecule has 7 heteroatoms. The van der Waals surface area contributed by atoms with Gasteiger partial charge in [0.1, 0.15) is 5.52 Å². The lowest BCUT2D eigenvalue weighted by atomic mass is 10.1. The molecule has 1 unspecified atom stereocenters. The van der Waals surface area contributed by atoms with Gasteiger partial charge in [-0.25, -0.2) is 4.98 Å². The molecule has 2 amide bonds. The predicted molar refractivity (Wildman–Crippen MR) is 122 cm³/mol. The number of rotatable bonds is 7. The van der Waals surface area contributed by atoms with Gasteiger partial charge in [0.25, 0.3) is 5.91 Å². The second-order valence-corrected chi connectivity index (χ2v) is 8.51. The molecule has 0 radical (unpaired) electrons. The number of nitrogens with one attached hydrogen (secondary N) is 1. The summed E-state index contributed by atoms with van der Waals surface area (Å²) in [5.74, 6) is 0.454. The van der Waals surface area contributed by atoms with E-state index in [0.29, 0.717) is 24.5 Å². The first-order chi connectivity index (χ1) is 15.5. The van der Waals surface area contributed by atoms with Crippen LogP contribution in [0, 0.1) is 5.92 Å². The number of carbonyl (C=O) groups is 2. The van der Waals surface area contributed by atoms with Crippen LogP contribution in [0.15, 0.2) is 52.9 Å². The van der Waals surface area contributed by atoms with E-state index in [1.54, 1.807) is 24.1 Å². The summed E-state index contributed by atoms with van der Waals surface area (Å²) in [5, 5.41) is 2.99. The summed E-state index contributed by atoms with van der Waals surface area (Å²) in [5.41, 5.74) is 2.97. The van der Waals surface area contributed by atoms with Crippen LogP contribution in [-0.4, -0.2) is 54.5 Å². The first-order valence-electron chi connectivity index (χ1n) is 11.0. The van der Waals surface area contributed by atoms with Gasteiger partial charge in [-0.1, -0.05) is 12.1 Å². The number of fused-ring (bicyclic) bond motifs is 1. The van der Waals surface area contributed by atoms with Crippen molar-refractivity contribution in [3.8, 4) is 11.5 Å². The Morgan fingerprint density at radius 2 is 1.94 bits per heavy atom. The molecule has 1 heterocycles. The summed E-state index contributed by atoms with van der Waals surface area (Å²) in [4.78, 5) is 31.8. The van der Waals surface area contributed by atoms with Crippen LogP contribution in [-0.2, 0) is 9.53 Å². The van der Waals surface area contributed by atoms with Gasteiger partial charge in [0, 0.05) is 43.3 Å². The third kappa shape index (κ3) is 4.67. The molecule has 0 aliphatic heterocycles. The number of oxazole rings is 1. The van der Waals surface area contributed by atoms with Crippen molar-refractivity contribution in [3.05, 3.63) is 54.1 Å². The molecule has 1 aliphatic rings. The van der Waals surface area contributed by atoms with Gasteiger partial charge in [0.05, 0.1) is 6.61 Å².